The van der Waals surface area contributed by atoms with E-state index in [0.29, 0.717) is 5.41 Å². The van der Waals surface area contributed by atoms with Crippen LogP contribution in [0.1, 0.15) is 68.2 Å². The molecule has 2 unspecified atom stereocenters. The summed E-state index contributed by atoms with van der Waals surface area (Å²) < 4.78 is 0. The molecule has 0 aromatic carbocycles. The van der Waals surface area contributed by atoms with E-state index in [2.05, 4.69) is 43.5 Å². The molecule has 1 N–H and O–H groups in total. The summed E-state index contributed by atoms with van der Waals surface area (Å²) in [5.74, 6) is 0.836. The molecular formula is C18H29NS. The van der Waals surface area contributed by atoms with Crippen LogP contribution in [0.3, 0.4) is 0 Å². The lowest BCUT2D eigenvalue weighted by atomic mass is 9.69. The molecule has 1 aromatic rings. The molecule has 0 bridgehead atoms. The second-order valence-electron chi connectivity index (χ2n) is 7.76. The van der Waals surface area contributed by atoms with Gasteiger partial charge in [-0.15, -0.1) is 11.3 Å². The van der Waals surface area contributed by atoms with E-state index in [0.717, 1.165) is 18.5 Å². The first-order chi connectivity index (χ1) is 9.54. The fraction of sp³-hybridized carbons (Fsp3) is 0.778. The fourth-order valence-electron chi connectivity index (χ4n) is 4.12. The van der Waals surface area contributed by atoms with Crippen LogP contribution in [0.2, 0.25) is 0 Å². The van der Waals surface area contributed by atoms with Crippen molar-refractivity contribution >= 4 is 11.3 Å². The summed E-state index contributed by atoms with van der Waals surface area (Å²) in [6.45, 7) is 8.33. The first-order valence-electron chi connectivity index (χ1n) is 8.38. The summed E-state index contributed by atoms with van der Waals surface area (Å²) in [6, 6.07) is 3.19. The predicted octanol–water partition coefficient (Wildman–Crippen LogP) is 4.93. The smallest absolute Gasteiger partial charge is 0.0302 e. The Morgan fingerprint density at radius 3 is 2.70 bits per heavy atom. The summed E-state index contributed by atoms with van der Waals surface area (Å²) in [5, 5.41) is 3.89. The van der Waals surface area contributed by atoms with Crippen molar-refractivity contribution in [2.24, 2.45) is 11.3 Å². The molecule has 0 saturated heterocycles. The zero-order valence-electron chi connectivity index (χ0n) is 13.3. The van der Waals surface area contributed by atoms with Gasteiger partial charge in [-0.25, -0.2) is 0 Å². The molecule has 1 aromatic heterocycles. The van der Waals surface area contributed by atoms with Gasteiger partial charge in [-0.2, -0.15) is 0 Å². The lowest BCUT2D eigenvalue weighted by Crippen LogP contribution is -2.43. The van der Waals surface area contributed by atoms with Crippen LogP contribution in [0, 0.1) is 11.3 Å². The van der Waals surface area contributed by atoms with Gasteiger partial charge in [0, 0.05) is 22.3 Å². The third-order valence-electron chi connectivity index (χ3n) is 5.21. The number of aryl methyl sites for hydroxylation is 2. The molecule has 0 spiro atoms. The van der Waals surface area contributed by atoms with Gasteiger partial charge in [-0.3, -0.25) is 0 Å². The zero-order chi connectivity index (χ0) is 14.2. The van der Waals surface area contributed by atoms with Gasteiger partial charge in [0.25, 0.3) is 0 Å². The minimum atomic E-state index is 0.440. The van der Waals surface area contributed by atoms with Crippen molar-refractivity contribution in [3.8, 4) is 0 Å². The van der Waals surface area contributed by atoms with Gasteiger partial charge in [0.05, 0.1) is 0 Å². The minimum Gasteiger partial charge on any atom is -0.309 e. The number of fused-ring (bicyclic) bond motifs is 1. The van der Waals surface area contributed by atoms with E-state index in [1.807, 2.05) is 0 Å². The third kappa shape index (κ3) is 3.12. The molecule has 2 aliphatic carbocycles. The van der Waals surface area contributed by atoms with Gasteiger partial charge in [-0.1, -0.05) is 33.6 Å². The van der Waals surface area contributed by atoms with Crippen LogP contribution in [0.15, 0.2) is 6.07 Å². The van der Waals surface area contributed by atoms with E-state index in [-0.39, 0.29) is 0 Å². The monoisotopic (exact) mass is 291 g/mol. The standard InChI is InChI=1S/C18H29NS/c1-18(2,3)15-8-4-5-9-16(15)19-12-14-11-13-7-6-10-17(13)20-14/h11,15-16,19H,4-10,12H2,1-3H3. The highest BCUT2D eigenvalue weighted by Crippen LogP contribution is 2.38. The van der Waals surface area contributed by atoms with Crippen molar-refractivity contribution in [3.63, 3.8) is 0 Å². The predicted molar refractivity (Wildman–Crippen MR) is 88.4 cm³/mol. The Bertz CT molecular complexity index is 433. The van der Waals surface area contributed by atoms with Crippen LogP contribution < -0.4 is 5.32 Å². The van der Waals surface area contributed by atoms with Crippen LogP contribution in [-0.4, -0.2) is 6.04 Å². The van der Waals surface area contributed by atoms with Crippen LogP contribution in [0.5, 0.6) is 0 Å². The minimum absolute atomic E-state index is 0.440. The Hall–Kier alpha value is -0.340. The van der Waals surface area contributed by atoms with E-state index in [9.17, 15) is 0 Å². The average molecular weight is 292 g/mol. The van der Waals surface area contributed by atoms with Crippen LogP contribution in [0.25, 0.3) is 0 Å². The maximum absolute atomic E-state index is 3.89. The second kappa shape index (κ2) is 5.81. The lowest BCUT2D eigenvalue weighted by molar-refractivity contribution is 0.130. The molecule has 1 heterocycles. The van der Waals surface area contributed by atoms with Gasteiger partial charge in [-0.05, 0) is 55.1 Å². The molecule has 0 radical (unpaired) electrons. The number of rotatable bonds is 3. The Labute approximate surface area is 128 Å². The largest absolute Gasteiger partial charge is 0.309 e. The van der Waals surface area contributed by atoms with Crippen LogP contribution in [0.4, 0.5) is 0 Å². The summed E-state index contributed by atoms with van der Waals surface area (Å²) in [7, 11) is 0. The average Bonchev–Trinajstić information content (AvgIpc) is 2.96. The summed E-state index contributed by atoms with van der Waals surface area (Å²) in [5.41, 5.74) is 2.08. The number of hydrogen-bond acceptors (Lipinski definition) is 2. The molecule has 2 heteroatoms. The van der Waals surface area contributed by atoms with Crippen molar-refractivity contribution < 1.29 is 0 Å². The number of thiophene rings is 1. The summed E-state index contributed by atoms with van der Waals surface area (Å²) in [6.07, 6.45) is 9.63. The molecule has 1 fully saturated rings. The quantitative estimate of drug-likeness (QED) is 0.832. The Morgan fingerprint density at radius 1 is 1.15 bits per heavy atom. The molecular weight excluding hydrogens is 262 g/mol. The maximum atomic E-state index is 3.89. The van der Waals surface area contributed by atoms with E-state index in [1.54, 1.807) is 15.3 Å². The third-order valence-corrected chi connectivity index (χ3v) is 6.45. The van der Waals surface area contributed by atoms with Gasteiger partial charge in [0.15, 0.2) is 0 Å². The Morgan fingerprint density at radius 2 is 1.95 bits per heavy atom. The van der Waals surface area contributed by atoms with Crippen molar-refractivity contribution in [3.05, 3.63) is 21.4 Å². The van der Waals surface area contributed by atoms with Gasteiger partial charge in [0.1, 0.15) is 0 Å². The van der Waals surface area contributed by atoms with E-state index in [4.69, 9.17) is 0 Å². The topological polar surface area (TPSA) is 12.0 Å². The summed E-state index contributed by atoms with van der Waals surface area (Å²) >= 11 is 2.06. The zero-order valence-corrected chi connectivity index (χ0v) is 14.1. The molecule has 1 nitrogen and oxygen atoms in total. The van der Waals surface area contributed by atoms with Gasteiger partial charge < -0.3 is 5.32 Å². The highest BCUT2D eigenvalue weighted by atomic mass is 32.1. The van der Waals surface area contributed by atoms with Gasteiger partial charge >= 0.3 is 0 Å². The first kappa shape index (κ1) is 14.6. The highest BCUT2D eigenvalue weighted by Gasteiger charge is 2.33. The van der Waals surface area contributed by atoms with Crippen molar-refractivity contribution in [1.29, 1.82) is 0 Å². The van der Waals surface area contributed by atoms with Crippen LogP contribution in [-0.2, 0) is 19.4 Å². The normalized spacial score (nSPS) is 26.8. The molecule has 1 saturated carbocycles. The van der Waals surface area contributed by atoms with Gasteiger partial charge in [0.2, 0.25) is 0 Å². The molecule has 0 amide bonds. The molecule has 2 aliphatic rings. The second-order valence-corrected chi connectivity index (χ2v) is 8.98. The summed E-state index contributed by atoms with van der Waals surface area (Å²) in [4.78, 5) is 3.23. The van der Waals surface area contributed by atoms with E-state index < -0.39 is 0 Å². The molecule has 3 rings (SSSR count). The first-order valence-corrected chi connectivity index (χ1v) is 9.19. The Kier molecular flexibility index (Phi) is 4.24. The lowest BCUT2D eigenvalue weighted by Gasteiger charge is -2.41. The fourth-order valence-corrected chi connectivity index (χ4v) is 5.33. The van der Waals surface area contributed by atoms with Crippen molar-refractivity contribution in [2.75, 3.05) is 0 Å². The SMILES string of the molecule is CC(C)(C)C1CCCCC1NCc1cc2c(s1)CCC2. The van der Waals surface area contributed by atoms with Crippen molar-refractivity contribution in [2.45, 2.75) is 78.3 Å². The molecule has 112 valence electrons. The van der Waals surface area contributed by atoms with E-state index >= 15 is 0 Å². The van der Waals surface area contributed by atoms with E-state index in [1.165, 1.54) is 44.9 Å². The molecule has 20 heavy (non-hydrogen) atoms. The van der Waals surface area contributed by atoms with Crippen LogP contribution >= 0.6 is 11.3 Å². The number of nitrogens with one attached hydrogen (secondary N) is 1. The molecule has 2 atom stereocenters. The highest BCUT2D eigenvalue weighted by molar-refractivity contribution is 7.12. The van der Waals surface area contributed by atoms with Crippen molar-refractivity contribution in [1.82, 2.24) is 5.32 Å². The number of hydrogen-bond donors (Lipinski definition) is 1. The molecule has 0 aliphatic heterocycles. The Balaban J connectivity index is 1.61. The maximum Gasteiger partial charge on any atom is 0.0302 e.